The second-order valence-electron chi connectivity index (χ2n) is 6.40. The van der Waals surface area contributed by atoms with Crippen molar-refractivity contribution >= 4 is 15.9 Å². The van der Waals surface area contributed by atoms with Crippen LogP contribution in [0.25, 0.3) is 0 Å². The molecule has 1 N–H and O–H groups in total. The number of amides is 1. The van der Waals surface area contributed by atoms with Crippen molar-refractivity contribution in [3.8, 4) is 11.5 Å². The summed E-state index contributed by atoms with van der Waals surface area (Å²) < 4.78 is 32.6. The van der Waals surface area contributed by atoms with Crippen molar-refractivity contribution < 1.29 is 23.1 Å². The van der Waals surface area contributed by atoms with Crippen molar-refractivity contribution in [1.29, 1.82) is 0 Å². The van der Waals surface area contributed by atoms with Crippen LogP contribution >= 0.6 is 0 Å². The first kappa shape index (κ1) is 19.2. The smallest absolute Gasteiger partial charge is 0.253 e. The number of carbonyl (C=O) groups is 1. The Hall–Kier alpha value is -2.58. The molecule has 1 aliphatic rings. The van der Waals surface area contributed by atoms with Crippen molar-refractivity contribution in [2.45, 2.75) is 11.8 Å². The van der Waals surface area contributed by atoms with Gasteiger partial charge in [-0.25, -0.2) is 8.42 Å². The van der Waals surface area contributed by atoms with Crippen molar-refractivity contribution in [3.05, 3.63) is 53.6 Å². The summed E-state index contributed by atoms with van der Waals surface area (Å²) in [5.74, 6) is 0.220. The van der Waals surface area contributed by atoms with Crippen LogP contribution < -0.4 is 4.74 Å². The summed E-state index contributed by atoms with van der Waals surface area (Å²) >= 11 is 0. The van der Waals surface area contributed by atoms with Gasteiger partial charge in [-0.3, -0.25) is 4.79 Å². The van der Waals surface area contributed by atoms with Gasteiger partial charge >= 0.3 is 0 Å². The third-order valence-corrected chi connectivity index (χ3v) is 6.50. The Morgan fingerprint density at radius 2 is 1.67 bits per heavy atom. The molecule has 0 unspecified atom stereocenters. The van der Waals surface area contributed by atoms with E-state index in [0.29, 0.717) is 24.4 Å². The molecule has 0 spiro atoms. The van der Waals surface area contributed by atoms with E-state index in [1.807, 2.05) is 6.92 Å². The summed E-state index contributed by atoms with van der Waals surface area (Å²) in [4.78, 5) is 14.3. The second kappa shape index (κ2) is 7.58. The number of methoxy groups -OCH3 is 1. The molecule has 0 atom stereocenters. The summed E-state index contributed by atoms with van der Waals surface area (Å²) in [7, 11) is -2.27. The Morgan fingerprint density at radius 3 is 2.26 bits per heavy atom. The van der Waals surface area contributed by atoms with Gasteiger partial charge in [-0.15, -0.1) is 0 Å². The lowest BCUT2D eigenvalue weighted by Crippen LogP contribution is -2.50. The lowest BCUT2D eigenvalue weighted by Gasteiger charge is -2.34. The molecular formula is C19H22N2O5S. The average Bonchev–Trinajstić information content (AvgIpc) is 2.68. The molecule has 2 aromatic rings. The molecule has 8 heteroatoms. The predicted molar refractivity (Wildman–Crippen MR) is 101 cm³/mol. The summed E-state index contributed by atoms with van der Waals surface area (Å²) in [6, 6.07) is 11.1. The minimum atomic E-state index is -3.71. The topological polar surface area (TPSA) is 87.2 Å². The zero-order chi connectivity index (χ0) is 19.6. The van der Waals surface area contributed by atoms with Gasteiger partial charge in [-0.05, 0) is 48.9 Å². The molecule has 7 nitrogen and oxygen atoms in total. The van der Waals surface area contributed by atoms with Gasteiger partial charge in [0.2, 0.25) is 10.0 Å². The molecule has 0 saturated carbocycles. The van der Waals surface area contributed by atoms with E-state index in [9.17, 15) is 18.3 Å². The Labute approximate surface area is 158 Å². The van der Waals surface area contributed by atoms with Crippen LogP contribution in [0.2, 0.25) is 0 Å². The molecule has 0 bridgehead atoms. The fourth-order valence-corrected chi connectivity index (χ4v) is 4.71. The lowest BCUT2D eigenvalue weighted by atomic mass is 10.2. The Morgan fingerprint density at radius 1 is 1.04 bits per heavy atom. The lowest BCUT2D eigenvalue weighted by molar-refractivity contribution is 0.0698. The van der Waals surface area contributed by atoms with Gasteiger partial charge in [0.15, 0.2) is 0 Å². The highest BCUT2D eigenvalue weighted by molar-refractivity contribution is 7.89. The number of benzene rings is 2. The molecule has 1 heterocycles. The van der Waals surface area contributed by atoms with Gasteiger partial charge in [-0.2, -0.15) is 4.31 Å². The maximum atomic E-state index is 13.0. The van der Waals surface area contributed by atoms with Gasteiger partial charge in [0.1, 0.15) is 16.4 Å². The molecule has 3 rings (SSSR count). The normalized spacial score (nSPS) is 15.6. The summed E-state index contributed by atoms with van der Waals surface area (Å²) in [6.45, 7) is 2.85. The Balaban J connectivity index is 1.74. The van der Waals surface area contributed by atoms with Crippen LogP contribution in [0.1, 0.15) is 15.9 Å². The highest BCUT2D eigenvalue weighted by Crippen LogP contribution is 2.28. The first-order chi connectivity index (χ1) is 12.8. The monoisotopic (exact) mass is 390 g/mol. The predicted octanol–water partition coefficient (Wildman–Crippen LogP) is 1.86. The molecule has 144 valence electrons. The van der Waals surface area contributed by atoms with Crippen molar-refractivity contribution in [2.24, 2.45) is 0 Å². The average molecular weight is 390 g/mol. The van der Waals surface area contributed by atoms with Crippen LogP contribution in [0.3, 0.4) is 0 Å². The molecule has 1 aliphatic heterocycles. The number of piperazine rings is 1. The van der Waals surface area contributed by atoms with Crippen molar-refractivity contribution in [1.82, 2.24) is 9.21 Å². The van der Waals surface area contributed by atoms with E-state index >= 15 is 0 Å². The highest BCUT2D eigenvalue weighted by Gasteiger charge is 2.32. The van der Waals surface area contributed by atoms with E-state index in [1.165, 1.54) is 23.5 Å². The molecule has 27 heavy (non-hydrogen) atoms. The van der Waals surface area contributed by atoms with Crippen LogP contribution in [0.5, 0.6) is 11.5 Å². The molecule has 0 radical (unpaired) electrons. The number of nitrogens with zero attached hydrogens (tertiary/aromatic N) is 2. The van der Waals surface area contributed by atoms with E-state index in [0.717, 1.165) is 5.56 Å². The number of carbonyl (C=O) groups excluding carboxylic acids is 1. The first-order valence-corrected chi connectivity index (χ1v) is 10.00. The standard InChI is InChI=1S/C19H22N2O5S/c1-14-3-8-17(26-2)18(13-14)27(24,25)21-11-9-20(10-12-21)19(23)15-4-6-16(22)7-5-15/h3-8,13,22H,9-12H2,1-2H3. The number of aromatic hydroxyl groups is 1. The Bertz CT molecular complexity index is 933. The number of rotatable bonds is 4. The molecule has 0 aromatic heterocycles. The number of hydrogen-bond acceptors (Lipinski definition) is 5. The van der Waals surface area contributed by atoms with Crippen LogP contribution in [0.4, 0.5) is 0 Å². The maximum absolute atomic E-state index is 13.0. The quantitative estimate of drug-likeness (QED) is 0.861. The summed E-state index contributed by atoms with van der Waals surface area (Å²) in [6.07, 6.45) is 0. The second-order valence-corrected chi connectivity index (χ2v) is 8.30. The van der Waals surface area contributed by atoms with E-state index in [2.05, 4.69) is 0 Å². The fourth-order valence-electron chi connectivity index (χ4n) is 3.04. The van der Waals surface area contributed by atoms with Gasteiger partial charge in [0, 0.05) is 31.7 Å². The van der Waals surface area contributed by atoms with E-state index in [4.69, 9.17) is 4.74 Å². The molecule has 1 amide bonds. The highest BCUT2D eigenvalue weighted by atomic mass is 32.2. The van der Waals surface area contributed by atoms with Gasteiger partial charge in [-0.1, -0.05) is 6.07 Å². The number of sulfonamides is 1. The zero-order valence-corrected chi connectivity index (χ0v) is 16.1. The molecule has 1 saturated heterocycles. The van der Waals surface area contributed by atoms with E-state index in [-0.39, 0.29) is 29.6 Å². The molecule has 1 fully saturated rings. The number of ether oxygens (including phenoxy) is 1. The van der Waals surface area contributed by atoms with Crippen LogP contribution in [0.15, 0.2) is 47.4 Å². The molecule has 2 aromatic carbocycles. The SMILES string of the molecule is COc1ccc(C)cc1S(=O)(=O)N1CCN(C(=O)c2ccc(O)cc2)CC1. The third-order valence-electron chi connectivity index (χ3n) is 4.58. The van der Waals surface area contributed by atoms with Crippen LogP contribution in [-0.4, -0.2) is 61.9 Å². The minimum absolute atomic E-state index is 0.0922. The third kappa shape index (κ3) is 3.91. The van der Waals surface area contributed by atoms with Crippen molar-refractivity contribution in [3.63, 3.8) is 0 Å². The van der Waals surface area contributed by atoms with E-state index in [1.54, 1.807) is 35.2 Å². The number of phenolic OH excluding ortho intramolecular Hbond substituents is 1. The molecular weight excluding hydrogens is 368 g/mol. The maximum Gasteiger partial charge on any atom is 0.253 e. The van der Waals surface area contributed by atoms with Crippen molar-refractivity contribution in [2.75, 3.05) is 33.3 Å². The van der Waals surface area contributed by atoms with Gasteiger partial charge in [0.05, 0.1) is 7.11 Å². The minimum Gasteiger partial charge on any atom is -0.508 e. The summed E-state index contributed by atoms with van der Waals surface area (Å²) in [5, 5.41) is 9.34. The van der Waals surface area contributed by atoms with Gasteiger partial charge in [0.25, 0.3) is 5.91 Å². The molecule has 0 aliphatic carbocycles. The zero-order valence-electron chi connectivity index (χ0n) is 15.3. The number of phenols is 1. The van der Waals surface area contributed by atoms with Crippen LogP contribution in [-0.2, 0) is 10.0 Å². The van der Waals surface area contributed by atoms with E-state index < -0.39 is 10.0 Å². The fraction of sp³-hybridized carbons (Fsp3) is 0.316. The number of hydrogen-bond donors (Lipinski definition) is 1. The summed E-state index contributed by atoms with van der Waals surface area (Å²) in [5.41, 5.74) is 1.29. The van der Waals surface area contributed by atoms with Gasteiger partial charge < -0.3 is 14.7 Å². The Kier molecular flexibility index (Phi) is 5.38. The number of aryl methyl sites for hydroxylation is 1. The van der Waals surface area contributed by atoms with Crippen LogP contribution in [0, 0.1) is 6.92 Å². The first-order valence-electron chi connectivity index (χ1n) is 8.56. The largest absolute Gasteiger partial charge is 0.508 e.